The Labute approximate surface area is 126 Å². The fourth-order valence-corrected chi connectivity index (χ4v) is 1.66. The minimum Gasteiger partial charge on any atom is -0.467 e. The van der Waals surface area contributed by atoms with Crippen molar-refractivity contribution in [2.75, 3.05) is 7.11 Å². The van der Waals surface area contributed by atoms with Gasteiger partial charge in [0, 0.05) is 6.92 Å². The first kappa shape index (κ1) is 19.4. The van der Waals surface area contributed by atoms with Crippen molar-refractivity contribution in [3.8, 4) is 0 Å². The Kier molecular flexibility index (Phi) is 7.99. The van der Waals surface area contributed by atoms with Crippen molar-refractivity contribution in [1.82, 2.24) is 5.32 Å². The van der Waals surface area contributed by atoms with Gasteiger partial charge in [-0.3, -0.25) is 9.59 Å². The standard InChI is InChI=1S/C15H27NO5/c1-7-8-9-11(21-14(19)15(3,4)5)12(13(18)20-6)16-10(2)17/h11-12H,7-9H2,1-6H3,(H,16,17)/t11-,12-/m0/s1. The summed E-state index contributed by atoms with van der Waals surface area (Å²) in [4.78, 5) is 35.2. The zero-order chi connectivity index (χ0) is 16.6. The van der Waals surface area contributed by atoms with Crippen LogP contribution in [0.3, 0.4) is 0 Å². The number of rotatable bonds is 7. The zero-order valence-electron chi connectivity index (χ0n) is 13.8. The molecule has 1 amide bonds. The Morgan fingerprint density at radius 3 is 2.14 bits per heavy atom. The average Bonchev–Trinajstić information content (AvgIpc) is 2.38. The predicted molar refractivity (Wildman–Crippen MR) is 78.5 cm³/mol. The molecule has 0 saturated carbocycles. The van der Waals surface area contributed by atoms with Gasteiger partial charge in [0.2, 0.25) is 5.91 Å². The number of amides is 1. The van der Waals surface area contributed by atoms with E-state index in [0.29, 0.717) is 6.42 Å². The van der Waals surface area contributed by atoms with Crippen molar-refractivity contribution in [3.05, 3.63) is 0 Å². The lowest BCUT2D eigenvalue weighted by Crippen LogP contribution is -2.51. The van der Waals surface area contributed by atoms with Gasteiger partial charge in [0.1, 0.15) is 6.10 Å². The summed E-state index contributed by atoms with van der Waals surface area (Å²) < 4.78 is 10.1. The summed E-state index contributed by atoms with van der Waals surface area (Å²) in [5.74, 6) is -1.41. The van der Waals surface area contributed by atoms with Crippen LogP contribution in [0.5, 0.6) is 0 Å². The molecule has 0 fully saturated rings. The molecule has 1 N–H and O–H groups in total. The van der Waals surface area contributed by atoms with Gasteiger partial charge in [0.25, 0.3) is 0 Å². The van der Waals surface area contributed by atoms with Gasteiger partial charge in [0.15, 0.2) is 6.04 Å². The van der Waals surface area contributed by atoms with Crippen LogP contribution in [0.15, 0.2) is 0 Å². The Morgan fingerprint density at radius 2 is 1.76 bits per heavy atom. The molecule has 0 aliphatic carbocycles. The monoisotopic (exact) mass is 301 g/mol. The van der Waals surface area contributed by atoms with Crippen LogP contribution < -0.4 is 5.32 Å². The van der Waals surface area contributed by atoms with E-state index in [1.807, 2.05) is 6.92 Å². The van der Waals surface area contributed by atoms with Crippen molar-refractivity contribution in [2.45, 2.75) is 66.0 Å². The molecule has 0 saturated heterocycles. The van der Waals surface area contributed by atoms with E-state index in [9.17, 15) is 14.4 Å². The molecule has 0 bridgehead atoms. The third kappa shape index (κ3) is 7.11. The van der Waals surface area contributed by atoms with Gasteiger partial charge in [-0.2, -0.15) is 0 Å². The number of methoxy groups -OCH3 is 1. The summed E-state index contributed by atoms with van der Waals surface area (Å²) in [6.07, 6.45) is 1.42. The largest absolute Gasteiger partial charge is 0.467 e. The molecule has 0 spiro atoms. The van der Waals surface area contributed by atoms with Crippen LogP contribution in [0.1, 0.15) is 53.9 Å². The second-order valence-electron chi connectivity index (χ2n) is 6.04. The van der Waals surface area contributed by atoms with E-state index in [-0.39, 0.29) is 5.91 Å². The van der Waals surface area contributed by atoms with Gasteiger partial charge in [-0.05, 0) is 33.6 Å². The van der Waals surface area contributed by atoms with E-state index in [1.54, 1.807) is 20.8 Å². The Bertz CT molecular complexity index is 373. The highest BCUT2D eigenvalue weighted by molar-refractivity contribution is 5.84. The van der Waals surface area contributed by atoms with Gasteiger partial charge in [-0.15, -0.1) is 0 Å². The molecular formula is C15H27NO5. The molecule has 21 heavy (non-hydrogen) atoms. The van der Waals surface area contributed by atoms with Gasteiger partial charge in [-0.25, -0.2) is 4.79 Å². The number of carbonyl (C=O) groups is 3. The van der Waals surface area contributed by atoms with E-state index in [0.717, 1.165) is 12.8 Å². The molecule has 122 valence electrons. The molecule has 0 aliphatic heterocycles. The van der Waals surface area contributed by atoms with E-state index < -0.39 is 29.5 Å². The van der Waals surface area contributed by atoms with E-state index >= 15 is 0 Å². The molecule has 0 aromatic heterocycles. The summed E-state index contributed by atoms with van der Waals surface area (Å²) in [6, 6.07) is -0.981. The average molecular weight is 301 g/mol. The Hall–Kier alpha value is -1.59. The normalized spacial score (nSPS) is 14.0. The molecule has 6 nitrogen and oxygen atoms in total. The minimum atomic E-state index is -0.981. The third-order valence-electron chi connectivity index (χ3n) is 2.90. The van der Waals surface area contributed by atoms with Crippen molar-refractivity contribution in [3.63, 3.8) is 0 Å². The fourth-order valence-electron chi connectivity index (χ4n) is 1.66. The number of carbonyl (C=O) groups excluding carboxylic acids is 3. The van der Waals surface area contributed by atoms with Gasteiger partial charge >= 0.3 is 11.9 Å². The number of unbranched alkanes of at least 4 members (excludes halogenated alkanes) is 1. The first-order chi connectivity index (χ1) is 9.63. The molecular weight excluding hydrogens is 274 g/mol. The second kappa shape index (κ2) is 8.64. The van der Waals surface area contributed by atoms with Crippen LogP contribution in [0.4, 0.5) is 0 Å². The van der Waals surface area contributed by atoms with Crippen molar-refractivity contribution in [2.24, 2.45) is 5.41 Å². The first-order valence-corrected chi connectivity index (χ1v) is 7.19. The highest BCUT2D eigenvalue weighted by Gasteiger charge is 2.35. The SMILES string of the molecule is CCCC[C@H](OC(=O)C(C)(C)C)[C@H](NC(C)=O)C(=O)OC. The van der Waals surface area contributed by atoms with Crippen molar-refractivity contribution >= 4 is 17.8 Å². The van der Waals surface area contributed by atoms with Crippen LogP contribution in [0.25, 0.3) is 0 Å². The lowest BCUT2D eigenvalue weighted by Gasteiger charge is -2.28. The molecule has 0 radical (unpaired) electrons. The fraction of sp³-hybridized carbons (Fsp3) is 0.800. The smallest absolute Gasteiger partial charge is 0.332 e. The van der Waals surface area contributed by atoms with Crippen LogP contribution in [-0.2, 0) is 23.9 Å². The summed E-state index contributed by atoms with van der Waals surface area (Å²) in [5, 5.41) is 2.51. The lowest BCUT2D eigenvalue weighted by atomic mass is 9.96. The Balaban J connectivity index is 5.16. The molecule has 6 heteroatoms. The topological polar surface area (TPSA) is 81.7 Å². The molecule has 2 atom stereocenters. The molecule has 0 aliphatic rings. The predicted octanol–water partition coefficient (Wildman–Crippen LogP) is 1.81. The summed E-state index contributed by atoms with van der Waals surface area (Å²) in [7, 11) is 1.24. The highest BCUT2D eigenvalue weighted by Crippen LogP contribution is 2.20. The molecule has 0 unspecified atom stereocenters. The second-order valence-corrected chi connectivity index (χ2v) is 6.04. The number of nitrogens with one attached hydrogen (secondary N) is 1. The number of hydrogen-bond donors (Lipinski definition) is 1. The summed E-state index contributed by atoms with van der Waals surface area (Å²) in [5.41, 5.74) is -0.679. The first-order valence-electron chi connectivity index (χ1n) is 7.19. The molecule has 0 aromatic rings. The minimum absolute atomic E-state index is 0.376. The van der Waals surface area contributed by atoms with E-state index in [1.165, 1.54) is 14.0 Å². The maximum atomic E-state index is 12.1. The third-order valence-corrected chi connectivity index (χ3v) is 2.90. The maximum absolute atomic E-state index is 12.1. The summed E-state index contributed by atoms with van der Waals surface area (Å²) in [6.45, 7) is 8.50. The van der Waals surface area contributed by atoms with Crippen LogP contribution >= 0.6 is 0 Å². The van der Waals surface area contributed by atoms with Gasteiger partial charge < -0.3 is 14.8 Å². The van der Waals surface area contributed by atoms with Crippen molar-refractivity contribution in [1.29, 1.82) is 0 Å². The van der Waals surface area contributed by atoms with Gasteiger partial charge in [0.05, 0.1) is 12.5 Å². The lowest BCUT2D eigenvalue weighted by molar-refractivity contribution is -0.165. The quantitative estimate of drug-likeness (QED) is 0.725. The van der Waals surface area contributed by atoms with Crippen LogP contribution in [0.2, 0.25) is 0 Å². The Morgan fingerprint density at radius 1 is 1.19 bits per heavy atom. The highest BCUT2D eigenvalue weighted by atomic mass is 16.6. The molecule has 0 aromatic carbocycles. The van der Waals surface area contributed by atoms with Crippen LogP contribution in [-0.4, -0.2) is 37.1 Å². The number of ether oxygens (including phenoxy) is 2. The van der Waals surface area contributed by atoms with Gasteiger partial charge in [-0.1, -0.05) is 13.3 Å². The molecule has 0 rings (SSSR count). The summed E-state index contributed by atoms with van der Waals surface area (Å²) >= 11 is 0. The zero-order valence-corrected chi connectivity index (χ0v) is 13.8. The van der Waals surface area contributed by atoms with Crippen molar-refractivity contribution < 1.29 is 23.9 Å². The van der Waals surface area contributed by atoms with E-state index in [4.69, 9.17) is 9.47 Å². The van der Waals surface area contributed by atoms with E-state index in [2.05, 4.69) is 5.32 Å². The maximum Gasteiger partial charge on any atom is 0.332 e. The number of hydrogen-bond acceptors (Lipinski definition) is 5. The number of esters is 2. The molecule has 0 heterocycles. The van der Waals surface area contributed by atoms with Crippen LogP contribution in [0, 0.1) is 5.41 Å².